The number of anilines is 2. The smallest absolute Gasteiger partial charge is 0.146 e. The number of hydrogen-bond donors (Lipinski definition) is 1. The van der Waals surface area contributed by atoms with Crippen molar-refractivity contribution in [3.63, 3.8) is 0 Å². The highest BCUT2D eigenvalue weighted by atomic mass is 15.2. The van der Waals surface area contributed by atoms with E-state index in [0.717, 1.165) is 18.8 Å². The average Bonchev–Trinajstić information content (AvgIpc) is 2.57. The molecule has 0 radical (unpaired) electrons. The first-order chi connectivity index (χ1) is 7.61. The zero-order valence-corrected chi connectivity index (χ0v) is 9.64. The van der Waals surface area contributed by atoms with Gasteiger partial charge in [-0.25, -0.2) is 4.98 Å². The van der Waals surface area contributed by atoms with Gasteiger partial charge in [0.2, 0.25) is 0 Å². The van der Waals surface area contributed by atoms with Crippen LogP contribution in [0.5, 0.6) is 0 Å². The van der Waals surface area contributed by atoms with Crippen molar-refractivity contribution >= 4 is 11.5 Å². The third-order valence-corrected chi connectivity index (χ3v) is 3.06. The second kappa shape index (κ2) is 4.01. The van der Waals surface area contributed by atoms with Crippen molar-refractivity contribution in [2.75, 3.05) is 17.2 Å². The molecule has 0 spiro atoms. The molecule has 1 aromatic rings. The van der Waals surface area contributed by atoms with Crippen LogP contribution in [0.15, 0.2) is 12.3 Å². The molecule has 2 unspecified atom stereocenters. The Balaban J connectivity index is 2.37. The van der Waals surface area contributed by atoms with Gasteiger partial charge in [-0.05, 0) is 25.3 Å². The number of pyridine rings is 1. The van der Waals surface area contributed by atoms with Crippen molar-refractivity contribution in [2.45, 2.75) is 26.3 Å². The molecule has 2 rings (SSSR count). The van der Waals surface area contributed by atoms with Crippen LogP contribution in [-0.2, 0) is 0 Å². The normalized spacial score (nSPS) is 24.4. The molecule has 1 aliphatic heterocycles. The van der Waals surface area contributed by atoms with Gasteiger partial charge < -0.3 is 10.6 Å². The fourth-order valence-corrected chi connectivity index (χ4v) is 2.38. The summed E-state index contributed by atoms with van der Waals surface area (Å²) in [7, 11) is 0. The summed E-state index contributed by atoms with van der Waals surface area (Å²) in [4.78, 5) is 6.49. The van der Waals surface area contributed by atoms with Gasteiger partial charge in [0, 0.05) is 12.6 Å². The Bertz CT molecular complexity index is 435. The highest BCUT2D eigenvalue weighted by Gasteiger charge is 2.28. The number of aromatic nitrogens is 1. The van der Waals surface area contributed by atoms with E-state index in [0.29, 0.717) is 23.2 Å². The van der Waals surface area contributed by atoms with Crippen molar-refractivity contribution in [1.29, 1.82) is 5.26 Å². The maximum Gasteiger partial charge on any atom is 0.146 e. The van der Waals surface area contributed by atoms with Gasteiger partial charge in [-0.2, -0.15) is 5.26 Å². The van der Waals surface area contributed by atoms with Gasteiger partial charge >= 0.3 is 0 Å². The van der Waals surface area contributed by atoms with Gasteiger partial charge in [-0.1, -0.05) is 6.92 Å². The van der Waals surface area contributed by atoms with E-state index in [1.165, 1.54) is 0 Å². The molecule has 4 heteroatoms. The molecule has 1 aliphatic rings. The summed E-state index contributed by atoms with van der Waals surface area (Å²) in [5.74, 6) is 1.43. The topological polar surface area (TPSA) is 65.9 Å². The summed E-state index contributed by atoms with van der Waals surface area (Å²) in [5, 5.41) is 9.08. The Morgan fingerprint density at radius 3 is 2.88 bits per heavy atom. The SMILES string of the molecule is CC1CC(C)N(c2ncc(N)cc2C#N)C1. The third-order valence-electron chi connectivity index (χ3n) is 3.06. The Morgan fingerprint density at radius 2 is 2.31 bits per heavy atom. The molecule has 1 saturated heterocycles. The van der Waals surface area contributed by atoms with Crippen LogP contribution in [-0.4, -0.2) is 17.6 Å². The van der Waals surface area contributed by atoms with Crippen LogP contribution < -0.4 is 10.6 Å². The maximum atomic E-state index is 9.08. The predicted molar refractivity (Wildman–Crippen MR) is 64.0 cm³/mol. The minimum atomic E-state index is 0.443. The molecule has 2 N–H and O–H groups in total. The Kier molecular flexibility index (Phi) is 2.69. The molecule has 0 aromatic carbocycles. The zero-order chi connectivity index (χ0) is 11.7. The molecule has 0 amide bonds. The average molecular weight is 216 g/mol. The number of nitrogen functional groups attached to an aromatic ring is 1. The van der Waals surface area contributed by atoms with Crippen LogP contribution in [0.2, 0.25) is 0 Å². The first kappa shape index (κ1) is 10.7. The monoisotopic (exact) mass is 216 g/mol. The second-order valence-corrected chi connectivity index (χ2v) is 4.59. The van der Waals surface area contributed by atoms with E-state index < -0.39 is 0 Å². The second-order valence-electron chi connectivity index (χ2n) is 4.59. The van der Waals surface area contributed by atoms with Crippen LogP contribution >= 0.6 is 0 Å². The van der Waals surface area contributed by atoms with E-state index in [4.69, 9.17) is 11.0 Å². The summed E-state index contributed by atoms with van der Waals surface area (Å²) in [6.45, 7) is 5.36. The number of nitrogens with two attached hydrogens (primary N) is 1. The highest BCUT2D eigenvalue weighted by molar-refractivity contribution is 5.59. The number of rotatable bonds is 1. The van der Waals surface area contributed by atoms with Gasteiger partial charge in [0.05, 0.1) is 17.4 Å². The third kappa shape index (κ3) is 1.81. The van der Waals surface area contributed by atoms with E-state index in [9.17, 15) is 0 Å². The van der Waals surface area contributed by atoms with Crippen molar-refractivity contribution in [2.24, 2.45) is 5.92 Å². The number of nitriles is 1. The van der Waals surface area contributed by atoms with Crippen LogP contribution in [0.3, 0.4) is 0 Å². The van der Waals surface area contributed by atoms with Gasteiger partial charge in [-0.3, -0.25) is 0 Å². The van der Waals surface area contributed by atoms with Crippen molar-refractivity contribution < 1.29 is 0 Å². The molecule has 16 heavy (non-hydrogen) atoms. The molecule has 84 valence electrons. The standard InChI is InChI=1S/C12H16N4/c1-8-3-9(2)16(7-8)12-10(5-13)4-11(14)6-15-12/h4,6,8-9H,3,7,14H2,1-2H3. The molecule has 1 fully saturated rings. The Hall–Kier alpha value is -1.76. The molecule has 0 aliphatic carbocycles. The van der Waals surface area contributed by atoms with Gasteiger partial charge in [-0.15, -0.1) is 0 Å². The number of hydrogen-bond acceptors (Lipinski definition) is 4. The molecule has 0 bridgehead atoms. The summed E-state index contributed by atoms with van der Waals surface area (Å²) in [6.07, 6.45) is 2.77. The fourth-order valence-electron chi connectivity index (χ4n) is 2.38. The number of nitrogens with zero attached hydrogens (tertiary/aromatic N) is 3. The first-order valence-electron chi connectivity index (χ1n) is 5.54. The van der Waals surface area contributed by atoms with Gasteiger partial charge in [0.1, 0.15) is 11.9 Å². The lowest BCUT2D eigenvalue weighted by Gasteiger charge is -2.23. The molecular weight excluding hydrogens is 200 g/mol. The lowest BCUT2D eigenvalue weighted by atomic mass is 10.1. The largest absolute Gasteiger partial charge is 0.397 e. The van der Waals surface area contributed by atoms with E-state index in [1.54, 1.807) is 12.3 Å². The van der Waals surface area contributed by atoms with Crippen LogP contribution in [0.1, 0.15) is 25.8 Å². The fraction of sp³-hybridized carbons (Fsp3) is 0.500. The molecule has 0 saturated carbocycles. The van der Waals surface area contributed by atoms with E-state index in [-0.39, 0.29) is 0 Å². The zero-order valence-electron chi connectivity index (χ0n) is 9.64. The van der Waals surface area contributed by atoms with Gasteiger partial charge in [0.15, 0.2) is 0 Å². The van der Waals surface area contributed by atoms with E-state index in [1.807, 2.05) is 0 Å². The summed E-state index contributed by atoms with van der Waals surface area (Å²) < 4.78 is 0. The summed E-state index contributed by atoms with van der Waals surface area (Å²) in [5.41, 5.74) is 6.74. The van der Waals surface area contributed by atoms with Crippen molar-refractivity contribution in [3.05, 3.63) is 17.8 Å². The minimum absolute atomic E-state index is 0.443. The van der Waals surface area contributed by atoms with Crippen LogP contribution in [0.4, 0.5) is 11.5 Å². The summed E-state index contributed by atoms with van der Waals surface area (Å²) in [6, 6.07) is 4.30. The molecular formula is C12H16N4. The summed E-state index contributed by atoms with van der Waals surface area (Å²) >= 11 is 0. The van der Waals surface area contributed by atoms with E-state index >= 15 is 0 Å². The molecule has 2 heterocycles. The highest BCUT2D eigenvalue weighted by Crippen LogP contribution is 2.29. The first-order valence-corrected chi connectivity index (χ1v) is 5.54. The van der Waals surface area contributed by atoms with Crippen LogP contribution in [0, 0.1) is 17.2 Å². The predicted octanol–water partition coefficient (Wildman–Crippen LogP) is 1.77. The Labute approximate surface area is 95.7 Å². The quantitative estimate of drug-likeness (QED) is 0.777. The van der Waals surface area contributed by atoms with E-state index in [2.05, 4.69) is 29.8 Å². The Morgan fingerprint density at radius 1 is 1.56 bits per heavy atom. The minimum Gasteiger partial charge on any atom is -0.397 e. The van der Waals surface area contributed by atoms with Gasteiger partial charge in [0.25, 0.3) is 0 Å². The lowest BCUT2D eigenvalue weighted by Crippen LogP contribution is -2.28. The molecule has 1 aromatic heterocycles. The molecule has 4 nitrogen and oxygen atoms in total. The van der Waals surface area contributed by atoms with Crippen molar-refractivity contribution in [1.82, 2.24) is 4.98 Å². The maximum absolute atomic E-state index is 9.08. The van der Waals surface area contributed by atoms with Crippen LogP contribution in [0.25, 0.3) is 0 Å². The molecule has 2 atom stereocenters. The van der Waals surface area contributed by atoms with Crippen molar-refractivity contribution in [3.8, 4) is 6.07 Å². The lowest BCUT2D eigenvalue weighted by molar-refractivity contribution is 0.625.